The third-order valence-electron chi connectivity index (χ3n) is 12.3. The van der Waals surface area contributed by atoms with E-state index in [1.165, 1.54) is 0 Å². The zero-order valence-corrected chi connectivity index (χ0v) is 33.3. The monoisotopic (exact) mass is 779 g/mol. The van der Waals surface area contributed by atoms with Crippen LogP contribution in [0.2, 0.25) is 0 Å². The van der Waals surface area contributed by atoms with Gasteiger partial charge in [-0.05, 0) is 64.6 Å². The van der Waals surface area contributed by atoms with Crippen LogP contribution in [0.5, 0.6) is 11.5 Å². The van der Waals surface area contributed by atoms with Crippen molar-refractivity contribution in [2.45, 2.75) is 57.4 Å². The standard InChI is InChI=1S/C48H49N3O7/c1-32-45(47(2,3)35-20-24-37(56-4)25-21-35)42(28-43(53)49(26-27-52)29-33-12-6-5-7-13-33)58-48(32)38-14-8-9-15-39(38)50(46(48)55)30-34-18-22-36(23-19-34)51-40-16-10-11-17-41(40)57-31-44(51)54/h5-25,32,42,45,52H,26-31H2,1-4H3/t32-,42+,45-,48+/m1/s1. The maximum absolute atomic E-state index is 15.3. The summed E-state index contributed by atoms with van der Waals surface area (Å²) in [7, 11) is 1.64. The Morgan fingerprint density at radius 2 is 1.53 bits per heavy atom. The van der Waals surface area contributed by atoms with E-state index in [0.29, 0.717) is 23.7 Å². The van der Waals surface area contributed by atoms with Gasteiger partial charge in [0.1, 0.15) is 11.5 Å². The number of fused-ring (bicyclic) bond motifs is 3. The maximum Gasteiger partial charge on any atom is 0.269 e. The molecule has 1 N–H and O–H groups in total. The first-order valence-electron chi connectivity index (χ1n) is 19.9. The second kappa shape index (κ2) is 15.8. The number of carbonyl (C=O) groups is 3. The van der Waals surface area contributed by atoms with Crippen molar-refractivity contribution < 1.29 is 33.7 Å². The number of hydrogen-bond acceptors (Lipinski definition) is 7. The summed E-state index contributed by atoms with van der Waals surface area (Å²) in [5.74, 6) is 0.267. The molecule has 10 nitrogen and oxygen atoms in total. The molecule has 0 aliphatic carbocycles. The second-order valence-electron chi connectivity index (χ2n) is 15.9. The molecule has 1 saturated heterocycles. The van der Waals surface area contributed by atoms with Gasteiger partial charge in [-0.25, -0.2) is 0 Å². The summed E-state index contributed by atoms with van der Waals surface area (Å²) in [5, 5.41) is 10.0. The topological polar surface area (TPSA) is 109 Å². The van der Waals surface area contributed by atoms with Crippen LogP contribution in [0.15, 0.2) is 127 Å². The minimum Gasteiger partial charge on any atom is -0.497 e. The van der Waals surface area contributed by atoms with Gasteiger partial charge in [0.2, 0.25) is 5.91 Å². The largest absolute Gasteiger partial charge is 0.497 e. The molecule has 0 saturated carbocycles. The highest BCUT2D eigenvalue weighted by Gasteiger charge is 2.66. The molecule has 1 fully saturated rings. The second-order valence-corrected chi connectivity index (χ2v) is 15.9. The molecule has 298 valence electrons. The SMILES string of the molecule is COc1ccc(C(C)(C)[C@H]2[C@H](CC(=O)N(CCO)Cc3ccccc3)O[C@@]3(C(=O)N(Cc4ccc(N5C(=O)COc6ccccc65)cc4)c4ccccc43)[C@@H]2C)cc1. The number of nitrogens with zero attached hydrogens (tertiary/aromatic N) is 3. The molecule has 1 spiro atoms. The van der Waals surface area contributed by atoms with Crippen LogP contribution in [0.1, 0.15) is 49.4 Å². The highest BCUT2D eigenvalue weighted by Crippen LogP contribution is 2.60. The molecule has 0 aromatic heterocycles. The average Bonchev–Trinajstić information content (AvgIpc) is 3.67. The Bertz CT molecular complexity index is 2290. The summed E-state index contributed by atoms with van der Waals surface area (Å²) in [6, 6.07) is 40.6. The van der Waals surface area contributed by atoms with Crippen molar-refractivity contribution in [3.63, 3.8) is 0 Å². The molecule has 8 rings (SSSR count). The van der Waals surface area contributed by atoms with Gasteiger partial charge in [0, 0.05) is 36.2 Å². The predicted molar refractivity (Wildman–Crippen MR) is 222 cm³/mol. The van der Waals surface area contributed by atoms with Gasteiger partial charge >= 0.3 is 0 Å². The first-order chi connectivity index (χ1) is 28.1. The van der Waals surface area contributed by atoms with Crippen LogP contribution in [0, 0.1) is 11.8 Å². The zero-order chi connectivity index (χ0) is 40.6. The van der Waals surface area contributed by atoms with Crippen molar-refractivity contribution in [2.75, 3.05) is 36.7 Å². The number of carbonyl (C=O) groups excluding carboxylic acids is 3. The van der Waals surface area contributed by atoms with E-state index in [1.54, 1.807) is 21.8 Å². The summed E-state index contributed by atoms with van der Waals surface area (Å²) in [5.41, 5.74) is 3.91. The highest BCUT2D eigenvalue weighted by atomic mass is 16.5. The van der Waals surface area contributed by atoms with Gasteiger partial charge in [-0.1, -0.05) is 106 Å². The van der Waals surface area contributed by atoms with Crippen LogP contribution in [0.25, 0.3) is 0 Å². The van der Waals surface area contributed by atoms with Crippen molar-refractivity contribution in [2.24, 2.45) is 11.8 Å². The summed E-state index contributed by atoms with van der Waals surface area (Å²) in [6.45, 7) is 6.98. The van der Waals surface area contributed by atoms with Gasteiger partial charge in [-0.3, -0.25) is 19.3 Å². The molecule has 5 aromatic rings. The van der Waals surface area contributed by atoms with Crippen molar-refractivity contribution >= 4 is 34.8 Å². The lowest BCUT2D eigenvalue weighted by atomic mass is 9.63. The summed E-state index contributed by atoms with van der Waals surface area (Å²) in [6.07, 6.45) is -0.606. The van der Waals surface area contributed by atoms with E-state index < -0.39 is 17.1 Å². The third-order valence-corrected chi connectivity index (χ3v) is 12.3. The molecule has 58 heavy (non-hydrogen) atoms. The van der Waals surface area contributed by atoms with Crippen molar-refractivity contribution in [1.29, 1.82) is 0 Å². The lowest BCUT2D eigenvalue weighted by molar-refractivity contribution is -0.150. The molecule has 0 unspecified atom stereocenters. The van der Waals surface area contributed by atoms with E-state index in [-0.39, 0.29) is 62.3 Å². The molecular formula is C48H49N3O7. The molecule has 0 radical (unpaired) electrons. The first kappa shape index (κ1) is 38.9. The Kier molecular flexibility index (Phi) is 10.6. The van der Waals surface area contributed by atoms with Crippen molar-refractivity contribution in [1.82, 2.24) is 4.90 Å². The van der Waals surface area contributed by atoms with E-state index in [0.717, 1.165) is 33.7 Å². The quantitative estimate of drug-likeness (QED) is 0.140. The zero-order valence-electron chi connectivity index (χ0n) is 33.3. The number of rotatable bonds is 12. The van der Waals surface area contributed by atoms with Gasteiger partial charge < -0.3 is 29.1 Å². The van der Waals surface area contributed by atoms with Gasteiger partial charge in [0.05, 0.1) is 44.2 Å². The van der Waals surface area contributed by atoms with Crippen LogP contribution in [0.3, 0.4) is 0 Å². The summed E-state index contributed by atoms with van der Waals surface area (Å²) >= 11 is 0. The van der Waals surface area contributed by atoms with E-state index in [2.05, 4.69) is 20.8 Å². The first-order valence-corrected chi connectivity index (χ1v) is 19.9. The number of hydrogen-bond donors (Lipinski definition) is 1. The third kappa shape index (κ3) is 6.80. The molecular weight excluding hydrogens is 731 g/mol. The molecule has 4 atom stereocenters. The molecule has 3 aliphatic rings. The van der Waals surface area contributed by atoms with Gasteiger partial charge in [0.25, 0.3) is 11.8 Å². The average molecular weight is 780 g/mol. The van der Waals surface area contributed by atoms with Crippen LogP contribution >= 0.6 is 0 Å². The number of benzene rings is 5. The molecule has 3 heterocycles. The number of aliphatic hydroxyl groups excluding tert-OH is 1. The normalized spacial score (nSPS) is 21.2. The molecule has 0 bridgehead atoms. The van der Waals surface area contributed by atoms with Crippen LogP contribution in [0.4, 0.5) is 17.1 Å². The van der Waals surface area contributed by atoms with E-state index in [1.807, 2.05) is 127 Å². The summed E-state index contributed by atoms with van der Waals surface area (Å²) < 4.78 is 18.3. The molecule has 3 aliphatic heterocycles. The fraction of sp³-hybridized carbons (Fsp3) is 0.312. The smallest absolute Gasteiger partial charge is 0.269 e. The Labute approximate surface area is 339 Å². The van der Waals surface area contributed by atoms with Crippen molar-refractivity contribution in [3.05, 3.63) is 150 Å². The fourth-order valence-corrected chi connectivity index (χ4v) is 9.46. The Hall–Kier alpha value is -5.97. The number of anilines is 3. The van der Waals surface area contributed by atoms with E-state index in [9.17, 15) is 14.7 Å². The lowest BCUT2D eigenvalue weighted by Crippen LogP contribution is -2.45. The number of amides is 3. The minimum absolute atomic E-state index is 0.0312. The van der Waals surface area contributed by atoms with E-state index >= 15 is 4.79 Å². The maximum atomic E-state index is 15.3. The van der Waals surface area contributed by atoms with Gasteiger partial charge in [-0.2, -0.15) is 0 Å². The number of methoxy groups -OCH3 is 1. The summed E-state index contributed by atoms with van der Waals surface area (Å²) in [4.78, 5) is 47.8. The fourth-order valence-electron chi connectivity index (χ4n) is 9.46. The van der Waals surface area contributed by atoms with Crippen LogP contribution in [-0.4, -0.2) is 60.7 Å². The van der Waals surface area contributed by atoms with Gasteiger partial charge in [0.15, 0.2) is 12.2 Å². The number of aliphatic hydroxyl groups is 1. The Morgan fingerprint density at radius 3 is 2.24 bits per heavy atom. The lowest BCUT2D eigenvalue weighted by Gasteiger charge is -2.39. The Morgan fingerprint density at radius 1 is 0.862 bits per heavy atom. The number of para-hydroxylation sites is 3. The minimum atomic E-state index is -1.36. The van der Waals surface area contributed by atoms with E-state index in [4.69, 9.17) is 14.2 Å². The predicted octanol–water partition coefficient (Wildman–Crippen LogP) is 7.53. The van der Waals surface area contributed by atoms with Crippen molar-refractivity contribution in [3.8, 4) is 11.5 Å². The van der Waals surface area contributed by atoms with Gasteiger partial charge in [-0.15, -0.1) is 0 Å². The molecule has 5 aromatic carbocycles. The highest BCUT2D eigenvalue weighted by molar-refractivity contribution is 6.08. The Balaban J connectivity index is 1.13. The van der Waals surface area contributed by atoms with Crippen LogP contribution < -0.4 is 19.3 Å². The molecule has 10 heteroatoms. The number of ether oxygens (including phenoxy) is 3. The van der Waals surface area contributed by atoms with Crippen LogP contribution in [-0.2, 0) is 43.2 Å². The molecule has 3 amide bonds.